The topological polar surface area (TPSA) is 95.1 Å². The Hall–Kier alpha value is -3.07. The van der Waals surface area contributed by atoms with Crippen LogP contribution in [0.3, 0.4) is 0 Å². The second-order valence-electron chi connectivity index (χ2n) is 6.41. The summed E-state index contributed by atoms with van der Waals surface area (Å²) in [6.07, 6.45) is 2.41. The van der Waals surface area contributed by atoms with Crippen molar-refractivity contribution >= 4 is 29.3 Å². The smallest absolute Gasteiger partial charge is 0.258 e. The lowest BCUT2D eigenvalue weighted by molar-refractivity contribution is -0.127. The molecule has 1 atom stereocenters. The molecule has 0 spiro atoms. The number of para-hydroxylation sites is 1. The number of thioether (sulfide) groups is 1. The van der Waals surface area contributed by atoms with Crippen molar-refractivity contribution in [2.45, 2.75) is 12.5 Å². The molecule has 2 aromatic carbocycles. The number of amides is 2. The zero-order valence-corrected chi connectivity index (χ0v) is 18.9. The van der Waals surface area contributed by atoms with E-state index in [2.05, 4.69) is 10.6 Å². The summed E-state index contributed by atoms with van der Waals surface area (Å²) in [5, 5.41) is 5.56. The first-order valence-corrected chi connectivity index (χ1v) is 11.0. The molecule has 168 valence electrons. The van der Waals surface area contributed by atoms with Crippen molar-refractivity contribution in [3.8, 4) is 23.0 Å². The minimum Gasteiger partial charge on any atom is -0.493 e. The molecule has 31 heavy (non-hydrogen) atoms. The van der Waals surface area contributed by atoms with E-state index >= 15 is 0 Å². The Labute approximate surface area is 186 Å². The highest BCUT2D eigenvalue weighted by molar-refractivity contribution is 7.98. The summed E-state index contributed by atoms with van der Waals surface area (Å²) >= 11 is 1.59. The average Bonchev–Trinajstić information content (AvgIpc) is 2.80. The lowest BCUT2D eigenvalue weighted by Crippen LogP contribution is -2.45. The maximum absolute atomic E-state index is 12.9. The van der Waals surface area contributed by atoms with Crippen molar-refractivity contribution in [1.82, 2.24) is 5.32 Å². The molecule has 0 aromatic heterocycles. The molecule has 8 nitrogen and oxygen atoms in total. The standard InChI is InChI=1S/C22H28N2O6S/c1-27-18-12-15(13-19(28-2)21(18)29-3)23-22(26)17(10-11-31-4)24-20(25)14-30-16-8-6-5-7-9-16/h5-9,12-13,17H,10-11,14H2,1-4H3,(H,23,26)(H,24,25). The second kappa shape index (κ2) is 12.6. The Bertz CT molecular complexity index is 837. The molecule has 2 aromatic rings. The largest absolute Gasteiger partial charge is 0.493 e. The highest BCUT2D eigenvalue weighted by atomic mass is 32.2. The number of hydrogen-bond donors (Lipinski definition) is 2. The molecule has 0 fully saturated rings. The Balaban J connectivity index is 2.07. The van der Waals surface area contributed by atoms with Crippen LogP contribution in [0.5, 0.6) is 23.0 Å². The minimum absolute atomic E-state index is 0.183. The predicted octanol–water partition coefficient (Wildman–Crippen LogP) is 2.97. The normalized spacial score (nSPS) is 11.2. The number of methoxy groups -OCH3 is 3. The van der Waals surface area contributed by atoms with Gasteiger partial charge in [0.2, 0.25) is 11.7 Å². The van der Waals surface area contributed by atoms with E-state index in [0.29, 0.717) is 40.9 Å². The summed E-state index contributed by atoms with van der Waals surface area (Å²) in [4.78, 5) is 25.2. The first-order valence-electron chi connectivity index (χ1n) is 9.59. The van der Waals surface area contributed by atoms with Gasteiger partial charge >= 0.3 is 0 Å². The van der Waals surface area contributed by atoms with Crippen LogP contribution in [0.1, 0.15) is 6.42 Å². The SMILES string of the molecule is COc1cc(NC(=O)C(CCSC)NC(=O)COc2ccccc2)cc(OC)c1OC. The fourth-order valence-corrected chi connectivity index (χ4v) is 3.26. The summed E-state index contributed by atoms with van der Waals surface area (Å²) in [7, 11) is 4.50. The van der Waals surface area contributed by atoms with Crippen LogP contribution in [-0.2, 0) is 9.59 Å². The number of nitrogens with one attached hydrogen (secondary N) is 2. The first-order chi connectivity index (χ1) is 15.0. The molecule has 9 heteroatoms. The highest BCUT2D eigenvalue weighted by Gasteiger charge is 2.22. The van der Waals surface area contributed by atoms with Gasteiger partial charge in [0, 0.05) is 17.8 Å². The van der Waals surface area contributed by atoms with Gasteiger partial charge in [-0.15, -0.1) is 0 Å². The van der Waals surface area contributed by atoms with Crippen molar-refractivity contribution in [3.63, 3.8) is 0 Å². The predicted molar refractivity (Wildman–Crippen MR) is 122 cm³/mol. The molecular formula is C22H28N2O6S. The van der Waals surface area contributed by atoms with Gasteiger partial charge in [0.15, 0.2) is 18.1 Å². The molecule has 0 aliphatic rings. The number of carbonyl (C=O) groups is 2. The Morgan fingerprint density at radius 1 is 1.00 bits per heavy atom. The van der Waals surface area contributed by atoms with Crippen LogP contribution in [-0.4, -0.2) is 57.8 Å². The lowest BCUT2D eigenvalue weighted by atomic mass is 10.2. The van der Waals surface area contributed by atoms with Crippen molar-refractivity contribution in [1.29, 1.82) is 0 Å². The van der Waals surface area contributed by atoms with Gasteiger partial charge in [-0.05, 0) is 30.6 Å². The number of anilines is 1. The van der Waals surface area contributed by atoms with E-state index in [1.807, 2.05) is 24.5 Å². The summed E-state index contributed by atoms with van der Waals surface area (Å²) < 4.78 is 21.4. The van der Waals surface area contributed by atoms with E-state index < -0.39 is 6.04 Å². The molecule has 1 unspecified atom stereocenters. The number of carbonyl (C=O) groups excluding carboxylic acids is 2. The molecule has 0 aliphatic heterocycles. The van der Waals surface area contributed by atoms with Crippen LogP contribution in [0.2, 0.25) is 0 Å². The molecule has 0 saturated carbocycles. The van der Waals surface area contributed by atoms with Crippen LogP contribution in [0.15, 0.2) is 42.5 Å². The zero-order valence-electron chi connectivity index (χ0n) is 18.1. The van der Waals surface area contributed by atoms with Crippen molar-refractivity contribution in [3.05, 3.63) is 42.5 Å². The summed E-state index contributed by atoms with van der Waals surface area (Å²) in [5.74, 6) is 1.81. The molecule has 0 radical (unpaired) electrons. The van der Waals surface area contributed by atoms with Crippen LogP contribution in [0.4, 0.5) is 5.69 Å². The molecule has 0 saturated heterocycles. The molecular weight excluding hydrogens is 420 g/mol. The molecule has 2 N–H and O–H groups in total. The fraction of sp³-hybridized carbons (Fsp3) is 0.364. The number of benzene rings is 2. The maximum Gasteiger partial charge on any atom is 0.258 e. The molecule has 2 amide bonds. The van der Waals surface area contributed by atoms with E-state index in [1.165, 1.54) is 21.3 Å². The average molecular weight is 449 g/mol. The fourth-order valence-electron chi connectivity index (χ4n) is 2.79. The number of rotatable bonds is 12. The van der Waals surface area contributed by atoms with Crippen LogP contribution < -0.4 is 29.6 Å². The van der Waals surface area contributed by atoms with Crippen LogP contribution in [0, 0.1) is 0 Å². The van der Waals surface area contributed by atoms with Gasteiger partial charge < -0.3 is 29.6 Å². The van der Waals surface area contributed by atoms with Gasteiger partial charge in [0.1, 0.15) is 11.8 Å². The van der Waals surface area contributed by atoms with E-state index in [0.717, 1.165) is 0 Å². The number of hydrogen-bond acceptors (Lipinski definition) is 7. The minimum atomic E-state index is -0.724. The first kappa shape index (κ1) is 24.2. The van der Waals surface area contributed by atoms with E-state index in [1.54, 1.807) is 36.0 Å². The molecule has 2 rings (SSSR count). The molecule has 0 aliphatic carbocycles. The Morgan fingerprint density at radius 3 is 2.19 bits per heavy atom. The van der Waals surface area contributed by atoms with Gasteiger partial charge in [-0.2, -0.15) is 11.8 Å². The Morgan fingerprint density at radius 2 is 1.65 bits per heavy atom. The number of ether oxygens (including phenoxy) is 4. The zero-order chi connectivity index (χ0) is 22.6. The van der Waals surface area contributed by atoms with Gasteiger partial charge in [-0.1, -0.05) is 18.2 Å². The molecule has 0 heterocycles. The van der Waals surface area contributed by atoms with E-state index in [4.69, 9.17) is 18.9 Å². The summed E-state index contributed by atoms with van der Waals surface area (Å²) in [6, 6.07) is 11.6. The van der Waals surface area contributed by atoms with Crippen molar-refractivity contribution < 1.29 is 28.5 Å². The van der Waals surface area contributed by atoms with E-state index in [9.17, 15) is 9.59 Å². The van der Waals surface area contributed by atoms with Crippen molar-refractivity contribution in [2.24, 2.45) is 0 Å². The lowest BCUT2D eigenvalue weighted by Gasteiger charge is -2.19. The van der Waals surface area contributed by atoms with Gasteiger partial charge in [-0.3, -0.25) is 9.59 Å². The van der Waals surface area contributed by atoms with Gasteiger partial charge in [0.05, 0.1) is 21.3 Å². The third-order valence-corrected chi connectivity index (χ3v) is 4.95. The quantitative estimate of drug-likeness (QED) is 0.515. The molecule has 0 bridgehead atoms. The van der Waals surface area contributed by atoms with Crippen molar-refractivity contribution in [2.75, 3.05) is 45.3 Å². The van der Waals surface area contributed by atoms with Crippen LogP contribution >= 0.6 is 11.8 Å². The summed E-state index contributed by atoms with van der Waals surface area (Å²) in [5.41, 5.74) is 0.462. The van der Waals surface area contributed by atoms with Crippen LogP contribution in [0.25, 0.3) is 0 Å². The van der Waals surface area contributed by atoms with Gasteiger partial charge in [-0.25, -0.2) is 0 Å². The monoisotopic (exact) mass is 448 g/mol. The highest BCUT2D eigenvalue weighted by Crippen LogP contribution is 2.39. The third-order valence-electron chi connectivity index (χ3n) is 4.31. The van der Waals surface area contributed by atoms with E-state index in [-0.39, 0.29) is 18.4 Å². The van der Waals surface area contributed by atoms with Gasteiger partial charge in [0.25, 0.3) is 5.91 Å². The second-order valence-corrected chi connectivity index (χ2v) is 7.39. The maximum atomic E-state index is 12.9. The Kier molecular flexibility index (Phi) is 9.83. The third kappa shape index (κ3) is 7.29. The summed E-state index contributed by atoms with van der Waals surface area (Å²) in [6.45, 7) is -0.183.